The number of hydrogen-bond donors (Lipinski definition) is 0. The van der Waals surface area contributed by atoms with Gasteiger partial charge in [0, 0.05) is 50.5 Å². The Bertz CT molecular complexity index is 3240. The minimum absolute atomic E-state index is 0.913. The number of aromatic nitrogens is 4. The Hall–Kier alpha value is -7.04. The van der Waals surface area contributed by atoms with Crippen molar-refractivity contribution in [2.24, 2.45) is 0 Å². The first kappa shape index (κ1) is 28.8. The summed E-state index contributed by atoms with van der Waals surface area (Å²) in [7, 11) is 0. The molecule has 240 valence electrons. The monoisotopic (exact) mass is 660 g/mol. The fraction of sp³-hybridized carbons (Fsp3) is 0. The van der Waals surface area contributed by atoms with Crippen LogP contribution in [0.25, 0.3) is 110 Å². The highest BCUT2D eigenvalue weighted by atomic mass is 14.8. The fourth-order valence-electron chi connectivity index (χ4n) is 8.02. The molecular formula is C48H28N4. The lowest BCUT2D eigenvalue weighted by molar-refractivity contribution is 1.37. The first-order chi connectivity index (χ1) is 25.8. The van der Waals surface area contributed by atoms with E-state index < -0.39 is 0 Å². The lowest BCUT2D eigenvalue weighted by atomic mass is 9.94. The Morgan fingerprint density at radius 3 is 1.87 bits per heavy atom. The van der Waals surface area contributed by atoms with Crippen LogP contribution in [0.4, 0.5) is 0 Å². The van der Waals surface area contributed by atoms with Crippen molar-refractivity contribution in [3.8, 4) is 33.5 Å². The molecule has 0 atom stereocenters. The van der Waals surface area contributed by atoms with Gasteiger partial charge in [-0.15, -0.1) is 0 Å². The molecule has 0 spiro atoms. The molecule has 0 aliphatic rings. The lowest BCUT2D eigenvalue weighted by Crippen LogP contribution is -1.93. The molecule has 4 nitrogen and oxygen atoms in total. The van der Waals surface area contributed by atoms with Gasteiger partial charge in [-0.25, -0.2) is 9.97 Å². The van der Waals surface area contributed by atoms with E-state index in [1.54, 1.807) is 0 Å². The number of pyridine rings is 4. The quantitative estimate of drug-likeness (QED) is 0.140. The maximum absolute atomic E-state index is 5.30. The summed E-state index contributed by atoms with van der Waals surface area (Å²) in [5.74, 6) is 0. The van der Waals surface area contributed by atoms with Crippen molar-refractivity contribution < 1.29 is 0 Å². The lowest BCUT2D eigenvalue weighted by Gasteiger charge is -2.13. The molecule has 0 unspecified atom stereocenters. The van der Waals surface area contributed by atoms with Gasteiger partial charge >= 0.3 is 0 Å². The summed E-state index contributed by atoms with van der Waals surface area (Å²) < 4.78 is 0. The van der Waals surface area contributed by atoms with Crippen molar-refractivity contribution in [2.75, 3.05) is 0 Å². The summed E-state index contributed by atoms with van der Waals surface area (Å²) in [5.41, 5.74) is 11.4. The molecular weight excluding hydrogens is 633 g/mol. The van der Waals surface area contributed by atoms with Crippen LogP contribution in [0.3, 0.4) is 0 Å². The van der Waals surface area contributed by atoms with E-state index in [-0.39, 0.29) is 0 Å². The van der Waals surface area contributed by atoms with E-state index in [4.69, 9.17) is 15.0 Å². The molecule has 0 radical (unpaired) electrons. The van der Waals surface area contributed by atoms with Crippen LogP contribution in [-0.4, -0.2) is 19.9 Å². The van der Waals surface area contributed by atoms with Crippen LogP contribution in [0.15, 0.2) is 170 Å². The zero-order valence-corrected chi connectivity index (χ0v) is 28.0. The molecule has 0 aliphatic carbocycles. The normalized spacial score (nSPS) is 11.8. The van der Waals surface area contributed by atoms with Gasteiger partial charge in [-0.05, 0) is 74.6 Å². The Morgan fingerprint density at radius 1 is 0.327 bits per heavy atom. The second-order valence-corrected chi connectivity index (χ2v) is 13.4. The van der Waals surface area contributed by atoms with E-state index in [9.17, 15) is 0 Å². The second kappa shape index (κ2) is 11.2. The molecule has 0 bridgehead atoms. The Kier molecular flexibility index (Phi) is 6.22. The minimum atomic E-state index is 0.913. The standard InChI is InChI=1S/C48H28N4/c1-2-7-29(8-3-1)44-40-10-4-5-11-43(40)52-48-41(44)22-15-31-18-23-42(51-46(31)48)35-17-20-37-33(28-35)13-12-32-27-34(16-19-36(32)37)38-24-26-50-47-39(38)21-14-30-9-6-25-49-45(30)47/h1-28H. The molecule has 52 heavy (non-hydrogen) atoms. The van der Waals surface area contributed by atoms with Crippen molar-refractivity contribution in [3.05, 3.63) is 170 Å². The summed E-state index contributed by atoms with van der Waals surface area (Å²) in [6.07, 6.45) is 3.73. The summed E-state index contributed by atoms with van der Waals surface area (Å²) in [6, 6.07) is 56.0. The molecule has 11 aromatic rings. The van der Waals surface area contributed by atoms with Crippen LogP contribution in [0, 0.1) is 0 Å². The molecule has 0 amide bonds. The molecule has 7 aromatic carbocycles. The van der Waals surface area contributed by atoms with Gasteiger partial charge < -0.3 is 0 Å². The molecule has 0 saturated carbocycles. The third-order valence-corrected chi connectivity index (χ3v) is 10.5. The van der Waals surface area contributed by atoms with E-state index in [2.05, 4.69) is 157 Å². The van der Waals surface area contributed by atoms with Crippen molar-refractivity contribution in [3.63, 3.8) is 0 Å². The highest BCUT2D eigenvalue weighted by Gasteiger charge is 2.16. The van der Waals surface area contributed by atoms with Crippen molar-refractivity contribution in [1.82, 2.24) is 19.9 Å². The Morgan fingerprint density at radius 2 is 1.00 bits per heavy atom. The van der Waals surface area contributed by atoms with Gasteiger partial charge in [0.25, 0.3) is 0 Å². The van der Waals surface area contributed by atoms with E-state index >= 15 is 0 Å². The first-order valence-corrected chi connectivity index (χ1v) is 17.5. The van der Waals surface area contributed by atoms with Crippen LogP contribution in [0.1, 0.15) is 0 Å². The van der Waals surface area contributed by atoms with Gasteiger partial charge in [-0.1, -0.05) is 121 Å². The highest BCUT2D eigenvalue weighted by Crippen LogP contribution is 2.39. The van der Waals surface area contributed by atoms with Gasteiger partial charge in [0.1, 0.15) is 0 Å². The van der Waals surface area contributed by atoms with E-state index in [1.807, 2.05) is 18.5 Å². The molecule has 11 rings (SSSR count). The molecule has 4 heterocycles. The van der Waals surface area contributed by atoms with E-state index in [1.165, 1.54) is 32.7 Å². The zero-order valence-electron chi connectivity index (χ0n) is 28.0. The van der Waals surface area contributed by atoms with Crippen LogP contribution in [0.2, 0.25) is 0 Å². The molecule has 0 aliphatic heterocycles. The summed E-state index contributed by atoms with van der Waals surface area (Å²) >= 11 is 0. The first-order valence-electron chi connectivity index (χ1n) is 17.5. The van der Waals surface area contributed by atoms with Gasteiger partial charge in [0.05, 0.1) is 33.3 Å². The number of hydrogen-bond acceptors (Lipinski definition) is 4. The number of fused-ring (bicyclic) bond motifs is 10. The Balaban J connectivity index is 1.03. The number of nitrogens with zero attached hydrogens (tertiary/aromatic N) is 4. The van der Waals surface area contributed by atoms with Crippen LogP contribution in [-0.2, 0) is 0 Å². The molecule has 0 saturated heterocycles. The predicted molar refractivity (Wildman–Crippen MR) is 216 cm³/mol. The van der Waals surface area contributed by atoms with E-state index in [0.717, 1.165) is 76.9 Å². The smallest absolute Gasteiger partial charge is 0.0978 e. The van der Waals surface area contributed by atoms with Gasteiger partial charge in [-0.3, -0.25) is 9.97 Å². The SMILES string of the molecule is c1ccc(-c2c3ccccc3nc3c2ccc2ccc(-c4ccc5c(ccc6cc(-c7ccnc8c7ccc7cccnc78)ccc65)c4)nc23)cc1. The van der Waals surface area contributed by atoms with E-state index in [0.29, 0.717) is 0 Å². The summed E-state index contributed by atoms with van der Waals surface area (Å²) in [5, 5.41) is 10.3. The van der Waals surface area contributed by atoms with Crippen molar-refractivity contribution in [1.29, 1.82) is 0 Å². The number of benzene rings is 7. The molecule has 4 heteroatoms. The highest BCUT2D eigenvalue weighted by molar-refractivity contribution is 6.16. The average Bonchev–Trinajstić information content (AvgIpc) is 3.22. The summed E-state index contributed by atoms with van der Waals surface area (Å²) in [4.78, 5) is 19.9. The molecule has 0 N–H and O–H groups in total. The topological polar surface area (TPSA) is 51.6 Å². The van der Waals surface area contributed by atoms with Crippen LogP contribution < -0.4 is 0 Å². The maximum Gasteiger partial charge on any atom is 0.0978 e. The predicted octanol–water partition coefficient (Wildman–Crippen LogP) is 12.3. The fourth-order valence-corrected chi connectivity index (χ4v) is 8.02. The van der Waals surface area contributed by atoms with Crippen molar-refractivity contribution >= 4 is 76.1 Å². The van der Waals surface area contributed by atoms with Gasteiger partial charge in [0.15, 0.2) is 0 Å². The molecule has 0 fully saturated rings. The third kappa shape index (κ3) is 4.41. The number of para-hydroxylation sites is 1. The third-order valence-electron chi connectivity index (χ3n) is 10.5. The zero-order chi connectivity index (χ0) is 34.2. The average molecular weight is 661 g/mol. The van der Waals surface area contributed by atoms with Crippen LogP contribution in [0.5, 0.6) is 0 Å². The van der Waals surface area contributed by atoms with Crippen LogP contribution >= 0.6 is 0 Å². The van der Waals surface area contributed by atoms with Crippen molar-refractivity contribution in [2.45, 2.75) is 0 Å². The van der Waals surface area contributed by atoms with Gasteiger partial charge in [0.2, 0.25) is 0 Å². The number of rotatable bonds is 3. The molecule has 4 aromatic heterocycles. The summed E-state index contributed by atoms with van der Waals surface area (Å²) in [6.45, 7) is 0. The minimum Gasteiger partial charge on any atom is -0.254 e. The largest absolute Gasteiger partial charge is 0.254 e. The Labute approximate surface area is 298 Å². The second-order valence-electron chi connectivity index (χ2n) is 13.4. The van der Waals surface area contributed by atoms with Gasteiger partial charge in [-0.2, -0.15) is 0 Å². The maximum atomic E-state index is 5.30.